The van der Waals surface area contributed by atoms with Gasteiger partial charge in [0, 0.05) is 39.1 Å². The van der Waals surface area contributed by atoms with Crippen molar-refractivity contribution in [1.82, 2.24) is 9.80 Å². The number of hydrogen-bond donors (Lipinski definition) is 0. The van der Waals surface area contributed by atoms with Crippen LogP contribution in [0.15, 0.2) is 24.3 Å². The summed E-state index contributed by atoms with van der Waals surface area (Å²) in [5, 5.41) is 0. The lowest BCUT2D eigenvalue weighted by molar-refractivity contribution is -0.128. The molecule has 4 heteroatoms. The Labute approximate surface area is 114 Å². The highest BCUT2D eigenvalue weighted by Gasteiger charge is 2.21. The van der Waals surface area contributed by atoms with E-state index >= 15 is 0 Å². The van der Waals surface area contributed by atoms with Gasteiger partial charge in [-0.25, -0.2) is 4.39 Å². The third kappa shape index (κ3) is 3.53. The van der Waals surface area contributed by atoms with Crippen LogP contribution in [0.3, 0.4) is 0 Å². The Morgan fingerprint density at radius 1 is 1.16 bits per heavy atom. The molecule has 1 heterocycles. The largest absolute Gasteiger partial charge is 0.342 e. The predicted octanol–water partition coefficient (Wildman–Crippen LogP) is 2.44. The van der Waals surface area contributed by atoms with Crippen molar-refractivity contribution in [2.24, 2.45) is 0 Å². The smallest absolute Gasteiger partial charge is 0.219 e. The van der Waals surface area contributed by atoms with Gasteiger partial charge in [0.2, 0.25) is 5.91 Å². The maximum Gasteiger partial charge on any atom is 0.219 e. The summed E-state index contributed by atoms with van der Waals surface area (Å²) in [6.45, 7) is 7.22. The van der Waals surface area contributed by atoms with Crippen molar-refractivity contribution in [2.45, 2.75) is 26.3 Å². The molecule has 1 amide bonds. The molecule has 19 heavy (non-hydrogen) atoms. The number of rotatable bonds is 2. The molecule has 2 rings (SSSR count). The molecule has 1 atom stereocenters. The molecule has 1 aromatic rings. The minimum Gasteiger partial charge on any atom is -0.342 e. The van der Waals surface area contributed by atoms with Gasteiger partial charge in [-0.3, -0.25) is 9.69 Å². The number of nitrogens with zero attached hydrogens (tertiary/aromatic N) is 2. The molecule has 0 N–H and O–H groups in total. The average molecular weight is 264 g/mol. The van der Waals surface area contributed by atoms with Gasteiger partial charge in [-0.05, 0) is 31.0 Å². The summed E-state index contributed by atoms with van der Waals surface area (Å²) in [6.07, 6.45) is 0.991. The van der Waals surface area contributed by atoms with Gasteiger partial charge in [0.15, 0.2) is 0 Å². The van der Waals surface area contributed by atoms with Gasteiger partial charge in [-0.2, -0.15) is 0 Å². The van der Waals surface area contributed by atoms with Crippen molar-refractivity contribution < 1.29 is 9.18 Å². The summed E-state index contributed by atoms with van der Waals surface area (Å²) in [5.41, 5.74) is 1.12. The van der Waals surface area contributed by atoms with Crippen LogP contribution in [0.25, 0.3) is 0 Å². The van der Waals surface area contributed by atoms with Gasteiger partial charge in [0.1, 0.15) is 5.82 Å². The van der Waals surface area contributed by atoms with E-state index in [4.69, 9.17) is 0 Å². The van der Waals surface area contributed by atoms with Gasteiger partial charge in [-0.1, -0.05) is 12.1 Å². The molecule has 1 aliphatic heterocycles. The molecule has 0 radical (unpaired) electrons. The average Bonchev–Trinajstić information content (AvgIpc) is 2.64. The van der Waals surface area contributed by atoms with Gasteiger partial charge < -0.3 is 4.90 Å². The summed E-state index contributed by atoms with van der Waals surface area (Å²) >= 11 is 0. The highest BCUT2D eigenvalue weighted by molar-refractivity contribution is 5.73. The van der Waals surface area contributed by atoms with Crippen molar-refractivity contribution in [3.05, 3.63) is 35.6 Å². The molecule has 1 aromatic carbocycles. The van der Waals surface area contributed by atoms with Crippen LogP contribution in [0.5, 0.6) is 0 Å². The Morgan fingerprint density at radius 3 is 2.47 bits per heavy atom. The molecule has 0 aliphatic carbocycles. The lowest BCUT2D eigenvalue weighted by Crippen LogP contribution is -2.34. The minimum absolute atomic E-state index is 0.149. The quantitative estimate of drug-likeness (QED) is 0.819. The number of hydrogen-bond acceptors (Lipinski definition) is 2. The SMILES string of the molecule is CC(=O)N1CCCN(C(C)c2ccc(F)cc2)CC1. The third-order valence-corrected chi connectivity index (χ3v) is 3.88. The molecule has 1 aliphatic rings. The maximum absolute atomic E-state index is 12.9. The zero-order valence-electron chi connectivity index (χ0n) is 11.6. The Bertz CT molecular complexity index is 432. The van der Waals surface area contributed by atoms with Crippen molar-refractivity contribution >= 4 is 5.91 Å². The number of benzene rings is 1. The summed E-state index contributed by atoms with van der Waals surface area (Å²) in [5.74, 6) is -0.0501. The van der Waals surface area contributed by atoms with E-state index in [1.54, 1.807) is 6.92 Å². The van der Waals surface area contributed by atoms with Crippen LogP contribution < -0.4 is 0 Å². The molecule has 1 unspecified atom stereocenters. The summed E-state index contributed by atoms with van der Waals surface area (Å²) in [7, 11) is 0. The van der Waals surface area contributed by atoms with Gasteiger partial charge >= 0.3 is 0 Å². The van der Waals surface area contributed by atoms with E-state index in [0.29, 0.717) is 0 Å². The van der Waals surface area contributed by atoms with Crippen LogP contribution in [-0.2, 0) is 4.79 Å². The van der Waals surface area contributed by atoms with Crippen molar-refractivity contribution in [3.8, 4) is 0 Å². The zero-order chi connectivity index (χ0) is 13.8. The highest BCUT2D eigenvalue weighted by Crippen LogP contribution is 2.21. The Hall–Kier alpha value is -1.42. The molecular weight excluding hydrogens is 243 g/mol. The fourth-order valence-corrected chi connectivity index (χ4v) is 2.59. The van der Waals surface area contributed by atoms with E-state index in [0.717, 1.165) is 38.2 Å². The van der Waals surface area contributed by atoms with Crippen LogP contribution in [0.1, 0.15) is 31.9 Å². The summed E-state index contributed by atoms with van der Waals surface area (Å²) in [6, 6.07) is 6.95. The Morgan fingerprint density at radius 2 is 1.84 bits per heavy atom. The Balaban J connectivity index is 2.01. The van der Waals surface area contributed by atoms with Crippen LogP contribution in [0.2, 0.25) is 0 Å². The Kier molecular flexibility index (Phi) is 4.53. The standard InChI is InChI=1S/C15H21FN2O/c1-12(14-4-6-15(16)7-5-14)17-8-3-9-18(11-10-17)13(2)19/h4-7,12H,3,8-11H2,1-2H3. The fraction of sp³-hybridized carbons (Fsp3) is 0.533. The van der Waals surface area contributed by atoms with E-state index in [9.17, 15) is 9.18 Å². The minimum atomic E-state index is -0.199. The number of halogens is 1. The molecule has 3 nitrogen and oxygen atoms in total. The second-order valence-corrected chi connectivity index (χ2v) is 5.12. The molecule has 0 saturated carbocycles. The van der Waals surface area contributed by atoms with Crippen LogP contribution in [0.4, 0.5) is 4.39 Å². The first-order chi connectivity index (χ1) is 9.08. The molecular formula is C15H21FN2O. The van der Waals surface area contributed by atoms with Crippen molar-refractivity contribution in [3.63, 3.8) is 0 Å². The molecule has 0 spiro atoms. The maximum atomic E-state index is 12.9. The molecule has 0 bridgehead atoms. The highest BCUT2D eigenvalue weighted by atomic mass is 19.1. The van der Waals surface area contributed by atoms with E-state index in [-0.39, 0.29) is 17.8 Å². The summed E-state index contributed by atoms with van der Waals surface area (Å²) in [4.78, 5) is 15.7. The molecule has 0 aromatic heterocycles. The predicted molar refractivity (Wildman–Crippen MR) is 73.3 cm³/mol. The molecule has 104 valence electrons. The van der Waals surface area contributed by atoms with E-state index in [2.05, 4.69) is 11.8 Å². The lowest BCUT2D eigenvalue weighted by Gasteiger charge is -2.28. The van der Waals surface area contributed by atoms with Crippen LogP contribution in [0, 0.1) is 5.82 Å². The first kappa shape index (κ1) is 14.0. The van der Waals surface area contributed by atoms with Crippen LogP contribution in [-0.4, -0.2) is 41.9 Å². The molecule has 1 fully saturated rings. The first-order valence-electron chi connectivity index (χ1n) is 6.83. The normalized spacial score (nSPS) is 19.0. The van der Waals surface area contributed by atoms with Gasteiger partial charge in [0.05, 0.1) is 0 Å². The third-order valence-electron chi connectivity index (χ3n) is 3.88. The number of carbonyl (C=O) groups excluding carboxylic acids is 1. The fourth-order valence-electron chi connectivity index (χ4n) is 2.59. The monoisotopic (exact) mass is 264 g/mol. The van der Waals surface area contributed by atoms with Crippen LogP contribution >= 0.6 is 0 Å². The second kappa shape index (κ2) is 6.15. The van der Waals surface area contributed by atoms with E-state index < -0.39 is 0 Å². The van der Waals surface area contributed by atoms with Crippen molar-refractivity contribution in [2.75, 3.05) is 26.2 Å². The summed E-state index contributed by atoms with van der Waals surface area (Å²) < 4.78 is 12.9. The number of amides is 1. The first-order valence-corrected chi connectivity index (χ1v) is 6.83. The van der Waals surface area contributed by atoms with Gasteiger partial charge in [-0.15, -0.1) is 0 Å². The molecule has 1 saturated heterocycles. The van der Waals surface area contributed by atoms with E-state index in [1.165, 1.54) is 12.1 Å². The lowest BCUT2D eigenvalue weighted by atomic mass is 10.1. The topological polar surface area (TPSA) is 23.6 Å². The zero-order valence-corrected chi connectivity index (χ0v) is 11.6. The number of carbonyl (C=O) groups is 1. The van der Waals surface area contributed by atoms with E-state index in [1.807, 2.05) is 17.0 Å². The van der Waals surface area contributed by atoms with Gasteiger partial charge in [0.25, 0.3) is 0 Å². The second-order valence-electron chi connectivity index (χ2n) is 5.12. The van der Waals surface area contributed by atoms with Crippen molar-refractivity contribution in [1.29, 1.82) is 0 Å².